The zero-order valence-corrected chi connectivity index (χ0v) is 12.3. The average molecular weight is 282 g/mol. The van der Waals surface area contributed by atoms with Crippen molar-refractivity contribution in [3.05, 3.63) is 0 Å². The molecule has 2 N–H and O–H groups in total. The molecule has 0 aromatic carbocycles. The van der Waals surface area contributed by atoms with E-state index in [9.17, 15) is 9.59 Å². The molecule has 5 heteroatoms. The summed E-state index contributed by atoms with van der Waals surface area (Å²) in [6.07, 6.45) is 5.82. The smallest absolute Gasteiger partial charge is 0.230 e. The van der Waals surface area contributed by atoms with Gasteiger partial charge < -0.3 is 5.73 Å². The Labute approximate surface area is 119 Å². The molecule has 0 atom stereocenters. The van der Waals surface area contributed by atoms with Gasteiger partial charge in [0, 0.05) is 12.8 Å². The number of carbonyl (C=O) groups excluding carboxylic acids is 2. The van der Waals surface area contributed by atoms with Crippen molar-refractivity contribution in [1.82, 2.24) is 4.90 Å². The molecule has 0 aromatic rings. The van der Waals surface area contributed by atoms with E-state index < -0.39 is 5.54 Å². The first-order chi connectivity index (χ1) is 8.97. The summed E-state index contributed by atoms with van der Waals surface area (Å²) in [7, 11) is 0. The normalized spacial score (nSPS) is 33.1. The number of hydrogen-bond acceptors (Lipinski definition) is 3. The topological polar surface area (TPSA) is 63.4 Å². The molecule has 0 aromatic heterocycles. The summed E-state index contributed by atoms with van der Waals surface area (Å²) in [5, 5.41) is 0. The van der Waals surface area contributed by atoms with Crippen molar-refractivity contribution in [2.45, 2.75) is 63.8 Å². The number of amides is 2. The molecule has 19 heavy (non-hydrogen) atoms. The fraction of sp³-hybridized carbons (Fsp3) is 0.786. The standard InChI is InChI=1S/C14H22N2O2S/c1-10-6-8-14(9-7-10,13(15)19)16-11(17)4-2-3-5-12(16)18/h10H,2-9H2,1H3,(H2,15,19). The van der Waals surface area contributed by atoms with E-state index in [1.807, 2.05) is 0 Å². The maximum absolute atomic E-state index is 12.3. The molecular weight excluding hydrogens is 260 g/mol. The lowest BCUT2D eigenvalue weighted by Crippen LogP contribution is -2.62. The third kappa shape index (κ3) is 2.66. The van der Waals surface area contributed by atoms with Crippen molar-refractivity contribution in [1.29, 1.82) is 0 Å². The van der Waals surface area contributed by atoms with Gasteiger partial charge in [0.15, 0.2) is 0 Å². The third-order valence-corrected chi connectivity index (χ3v) is 4.90. The Bertz CT molecular complexity index is 382. The fourth-order valence-corrected chi connectivity index (χ4v) is 3.51. The molecule has 106 valence electrons. The molecule has 1 aliphatic carbocycles. The molecule has 4 nitrogen and oxygen atoms in total. The Kier molecular flexibility index (Phi) is 4.23. The van der Waals surface area contributed by atoms with E-state index in [2.05, 4.69) is 6.92 Å². The molecular formula is C14H22N2O2S. The Morgan fingerprint density at radius 2 is 1.68 bits per heavy atom. The van der Waals surface area contributed by atoms with Crippen LogP contribution in [-0.4, -0.2) is 27.2 Å². The van der Waals surface area contributed by atoms with Crippen LogP contribution in [0.1, 0.15) is 58.3 Å². The van der Waals surface area contributed by atoms with Crippen LogP contribution < -0.4 is 5.73 Å². The minimum atomic E-state index is -0.694. The second-order valence-corrected chi connectivity index (χ2v) is 6.35. The third-order valence-electron chi connectivity index (χ3n) is 4.52. The van der Waals surface area contributed by atoms with Crippen molar-refractivity contribution in [2.75, 3.05) is 0 Å². The number of imide groups is 1. The largest absolute Gasteiger partial charge is 0.391 e. The molecule has 2 aliphatic rings. The summed E-state index contributed by atoms with van der Waals surface area (Å²) >= 11 is 5.23. The highest BCUT2D eigenvalue weighted by atomic mass is 32.1. The molecule has 1 aliphatic heterocycles. The van der Waals surface area contributed by atoms with Crippen LogP contribution in [0, 0.1) is 5.92 Å². The quantitative estimate of drug-likeness (QED) is 0.622. The highest BCUT2D eigenvalue weighted by Crippen LogP contribution is 2.38. The first-order valence-corrected chi connectivity index (χ1v) is 7.54. The van der Waals surface area contributed by atoms with Gasteiger partial charge in [0.1, 0.15) is 5.54 Å². The Hall–Kier alpha value is -0.970. The molecule has 2 amide bonds. The first-order valence-electron chi connectivity index (χ1n) is 7.13. The minimum Gasteiger partial charge on any atom is -0.391 e. The van der Waals surface area contributed by atoms with Crippen LogP contribution in [0.15, 0.2) is 0 Å². The monoisotopic (exact) mass is 282 g/mol. The molecule has 1 heterocycles. The second kappa shape index (κ2) is 5.57. The van der Waals surface area contributed by atoms with Crippen LogP contribution in [0.4, 0.5) is 0 Å². The second-order valence-electron chi connectivity index (χ2n) is 5.91. The number of hydrogen-bond donors (Lipinski definition) is 1. The molecule has 2 fully saturated rings. The molecule has 1 saturated heterocycles. The number of likely N-dealkylation sites (tertiary alicyclic amines) is 1. The number of nitrogens with zero attached hydrogens (tertiary/aromatic N) is 1. The molecule has 0 spiro atoms. The zero-order chi connectivity index (χ0) is 14.0. The molecule has 0 radical (unpaired) electrons. The summed E-state index contributed by atoms with van der Waals surface area (Å²) in [5.41, 5.74) is 5.25. The van der Waals surface area contributed by atoms with E-state index >= 15 is 0 Å². The van der Waals surface area contributed by atoms with Gasteiger partial charge in [0.05, 0.1) is 4.99 Å². The zero-order valence-electron chi connectivity index (χ0n) is 11.5. The highest BCUT2D eigenvalue weighted by molar-refractivity contribution is 7.80. The maximum Gasteiger partial charge on any atom is 0.230 e. The van der Waals surface area contributed by atoms with E-state index in [0.717, 1.165) is 38.5 Å². The number of carbonyl (C=O) groups is 2. The lowest BCUT2D eigenvalue weighted by atomic mass is 9.75. The van der Waals surface area contributed by atoms with Crippen LogP contribution in [0.25, 0.3) is 0 Å². The highest BCUT2D eigenvalue weighted by Gasteiger charge is 2.47. The number of nitrogens with two attached hydrogens (primary N) is 1. The lowest BCUT2D eigenvalue weighted by molar-refractivity contribution is -0.150. The Balaban J connectivity index is 2.34. The van der Waals surface area contributed by atoms with Crippen LogP contribution >= 0.6 is 12.2 Å². The van der Waals surface area contributed by atoms with Gasteiger partial charge in [-0.2, -0.15) is 0 Å². The van der Waals surface area contributed by atoms with E-state index in [1.165, 1.54) is 4.90 Å². The van der Waals surface area contributed by atoms with Gasteiger partial charge in [-0.3, -0.25) is 14.5 Å². The maximum atomic E-state index is 12.3. The van der Waals surface area contributed by atoms with Gasteiger partial charge in [-0.15, -0.1) is 0 Å². The first kappa shape index (κ1) is 14.4. The molecule has 0 unspecified atom stereocenters. The van der Waals surface area contributed by atoms with Gasteiger partial charge in [-0.1, -0.05) is 19.1 Å². The van der Waals surface area contributed by atoms with E-state index in [-0.39, 0.29) is 11.8 Å². The molecule has 1 saturated carbocycles. The Morgan fingerprint density at radius 3 is 2.11 bits per heavy atom. The van der Waals surface area contributed by atoms with E-state index in [0.29, 0.717) is 23.7 Å². The summed E-state index contributed by atoms with van der Waals surface area (Å²) in [6.45, 7) is 2.19. The fourth-order valence-electron chi connectivity index (χ4n) is 3.21. The molecule has 0 bridgehead atoms. The summed E-state index contributed by atoms with van der Waals surface area (Å²) in [6, 6.07) is 0. The van der Waals surface area contributed by atoms with Crippen LogP contribution in [0.5, 0.6) is 0 Å². The van der Waals surface area contributed by atoms with Crippen molar-refractivity contribution in [3.8, 4) is 0 Å². The summed E-state index contributed by atoms with van der Waals surface area (Å²) < 4.78 is 0. The van der Waals surface area contributed by atoms with Crippen molar-refractivity contribution < 1.29 is 9.59 Å². The predicted octanol–water partition coefficient (Wildman–Crippen LogP) is 2.15. The van der Waals surface area contributed by atoms with Crippen molar-refractivity contribution >= 4 is 29.0 Å². The number of thiocarbonyl (C=S) groups is 1. The predicted molar refractivity (Wildman–Crippen MR) is 77.5 cm³/mol. The summed E-state index contributed by atoms with van der Waals surface area (Å²) in [4.78, 5) is 26.3. The lowest BCUT2D eigenvalue weighted by Gasteiger charge is -2.45. The van der Waals surface area contributed by atoms with Gasteiger partial charge >= 0.3 is 0 Å². The van der Waals surface area contributed by atoms with E-state index in [4.69, 9.17) is 18.0 Å². The van der Waals surface area contributed by atoms with Crippen LogP contribution in [0.2, 0.25) is 0 Å². The Morgan fingerprint density at radius 1 is 1.21 bits per heavy atom. The van der Waals surface area contributed by atoms with Gasteiger partial charge in [-0.25, -0.2) is 0 Å². The minimum absolute atomic E-state index is 0.0927. The summed E-state index contributed by atoms with van der Waals surface area (Å²) in [5.74, 6) is 0.425. The van der Waals surface area contributed by atoms with Crippen molar-refractivity contribution in [2.24, 2.45) is 11.7 Å². The van der Waals surface area contributed by atoms with Gasteiger partial charge in [-0.05, 0) is 44.4 Å². The van der Waals surface area contributed by atoms with Gasteiger partial charge in [0.2, 0.25) is 11.8 Å². The van der Waals surface area contributed by atoms with Crippen molar-refractivity contribution in [3.63, 3.8) is 0 Å². The SMILES string of the molecule is CC1CCC(C(N)=S)(N2C(=O)CCCCC2=O)CC1. The van der Waals surface area contributed by atoms with Gasteiger partial charge in [0.25, 0.3) is 0 Å². The van der Waals surface area contributed by atoms with Crippen LogP contribution in [-0.2, 0) is 9.59 Å². The van der Waals surface area contributed by atoms with Crippen LogP contribution in [0.3, 0.4) is 0 Å². The van der Waals surface area contributed by atoms with E-state index in [1.54, 1.807) is 0 Å². The average Bonchev–Trinajstić information content (AvgIpc) is 2.53. The molecule has 2 rings (SSSR count). The number of rotatable bonds is 2.